The number of aryl methyl sites for hydroxylation is 1. The molecule has 1 saturated heterocycles. The van der Waals surface area contributed by atoms with Crippen molar-refractivity contribution in [2.75, 3.05) is 18.5 Å². The molecule has 1 aromatic heterocycles. The van der Waals surface area contributed by atoms with Crippen molar-refractivity contribution in [3.8, 4) is 5.75 Å². The molecular formula is C16H19N3O3. The second-order valence-corrected chi connectivity index (χ2v) is 5.33. The molecule has 6 nitrogen and oxygen atoms in total. The van der Waals surface area contributed by atoms with Crippen LogP contribution in [-0.2, 0) is 11.8 Å². The highest BCUT2D eigenvalue weighted by atomic mass is 16.5. The summed E-state index contributed by atoms with van der Waals surface area (Å²) in [6, 6.07) is 7.32. The van der Waals surface area contributed by atoms with Crippen LogP contribution < -0.4 is 10.1 Å². The van der Waals surface area contributed by atoms with Crippen LogP contribution in [0.1, 0.15) is 23.2 Å². The number of ether oxygens (including phenoxy) is 2. The zero-order valence-corrected chi connectivity index (χ0v) is 12.5. The van der Waals surface area contributed by atoms with Crippen molar-refractivity contribution >= 4 is 11.6 Å². The van der Waals surface area contributed by atoms with Gasteiger partial charge in [-0.15, -0.1) is 0 Å². The van der Waals surface area contributed by atoms with E-state index in [4.69, 9.17) is 9.47 Å². The summed E-state index contributed by atoms with van der Waals surface area (Å²) in [5.74, 6) is 0.594. The molecule has 0 aliphatic carbocycles. The Morgan fingerprint density at radius 1 is 1.45 bits per heavy atom. The molecule has 1 aromatic carbocycles. The maximum Gasteiger partial charge on any atom is 0.258 e. The van der Waals surface area contributed by atoms with E-state index in [9.17, 15) is 4.79 Å². The molecule has 1 atom stereocenters. The normalized spacial score (nSPS) is 17.4. The van der Waals surface area contributed by atoms with E-state index in [1.165, 1.54) is 6.20 Å². The van der Waals surface area contributed by atoms with Gasteiger partial charge in [-0.1, -0.05) is 0 Å². The number of carbonyl (C=O) groups excluding carboxylic acids is 1. The van der Waals surface area contributed by atoms with Gasteiger partial charge < -0.3 is 14.8 Å². The van der Waals surface area contributed by atoms with E-state index in [2.05, 4.69) is 10.4 Å². The fraction of sp³-hybridized carbons (Fsp3) is 0.375. The van der Waals surface area contributed by atoms with Gasteiger partial charge in [-0.05, 0) is 37.1 Å². The minimum absolute atomic E-state index is 0.180. The largest absolute Gasteiger partial charge is 0.491 e. The number of hydrogen-bond donors (Lipinski definition) is 1. The number of rotatable bonds is 5. The lowest BCUT2D eigenvalue weighted by Crippen LogP contribution is -2.16. The van der Waals surface area contributed by atoms with Gasteiger partial charge in [-0.25, -0.2) is 0 Å². The molecule has 6 heteroatoms. The first-order chi connectivity index (χ1) is 10.7. The Morgan fingerprint density at radius 2 is 2.27 bits per heavy atom. The predicted octanol–water partition coefficient (Wildman–Crippen LogP) is 2.23. The third kappa shape index (κ3) is 3.65. The number of nitrogens with one attached hydrogen (secondary N) is 1. The van der Waals surface area contributed by atoms with Crippen molar-refractivity contribution in [3.63, 3.8) is 0 Å². The Labute approximate surface area is 129 Å². The summed E-state index contributed by atoms with van der Waals surface area (Å²) in [6.07, 6.45) is 5.57. The molecule has 1 amide bonds. The quantitative estimate of drug-likeness (QED) is 0.919. The van der Waals surface area contributed by atoms with Gasteiger partial charge in [0.1, 0.15) is 12.4 Å². The number of aromatic nitrogens is 2. The van der Waals surface area contributed by atoms with Gasteiger partial charge >= 0.3 is 0 Å². The van der Waals surface area contributed by atoms with E-state index in [0.717, 1.165) is 30.9 Å². The van der Waals surface area contributed by atoms with Gasteiger partial charge in [-0.3, -0.25) is 9.48 Å². The van der Waals surface area contributed by atoms with Gasteiger partial charge in [0.2, 0.25) is 0 Å². The highest BCUT2D eigenvalue weighted by molar-refractivity contribution is 6.03. The van der Waals surface area contributed by atoms with Crippen molar-refractivity contribution in [1.29, 1.82) is 0 Å². The number of carbonyl (C=O) groups is 1. The van der Waals surface area contributed by atoms with Crippen LogP contribution in [0.2, 0.25) is 0 Å². The van der Waals surface area contributed by atoms with Crippen molar-refractivity contribution in [3.05, 3.63) is 42.2 Å². The van der Waals surface area contributed by atoms with Crippen LogP contribution in [0.25, 0.3) is 0 Å². The van der Waals surface area contributed by atoms with Gasteiger partial charge in [-0.2, -0.15) is 5.10 Å². The highest BCUT2D eigenvalue weighted by Crippen LogP contribution is 2.18. The van der Waals surface area contributed by atoms with E-state index < -0.39 is 0 Å². The fourth-order valence-electron chi connectivity index (χ4n) is 2.34. The number of amides is 1. The third-order valence-electron chi connectivity index (χ3n) is 3.54. The molecule has 0 radical (unpaired) electrons. The fourth-order valence-corrected chi connectivity index (χ4v) is 2.34. The highest BCUT2D eigenvalue weighted by Gasteiger charge is 2.16. The number of benzene rings is 1. The van der Waals surface area contributed by atoms with Crippen LogP contribution >= 0.6 is 0 Å². The summed E-state index contributed by atoms with van der Waals surface area (Å²) in [4.78, 5) is 12.0. The average Bonchev–Trinajstić information content (AvgIpc) is 3.18. The Kier molecular flexibility index (Phi) is 4.39. The lowest BCUT2D eigenvalue weighted by molar-refractivity contribution is 0.0679. The molecule has 1 aliphatic heterocycles. The van der Waals surface area contributed by atoms with Gasteiger partial charge in [0, 0.05) is 25.5 Å². The summed E-state index contributed by atoms with van der Waals surface area (Å²) in [5, 5.41) is 6.80. The zero-order valence-electron chi connectivity index (χ0n) is 12.5. The van der Waals surface area contributed by atoms with Gasteiger partial charge in [0.25, 0.3) is 5.91 Å². The second kappa shape index (κ2) is 6.62. The molecule has 1 unspecified atom stereocenters. The average molecular weight is 301 g/mol. The standard InChI is InChI=1S/C16H19N3O3/c1-19-10-12(9-17-19)16(20)18-13-4-6-14(7-5-13)22-11-15-3-2-8-21-15/h4-7,9-10,15H,2-3,8,11H2,1H3,(H,18,20). The van der Waals surface area contributed by atoms with Crippen LogP contribution in [0.15, 0.2) is 36.7 Å². The maximum absolute atomic E-state index is 12.0. The molecule has 2 heterocycles. The lowest BCUT2D eigenvalue weighted by Gasteiger charge is -2.12. The lowest BCUT2D eigenvalue weighted by atomic mass is 10.2. The molecule has 22 heavy (non-hydrogen) atoms. The Bertz CT molecular complexity index is 630. The SMILES string of the molecule is Cn1cc(C(=O)Nc2ccc(OCC3CCCO3)cc2)cn1. The maximum atomic E-state index is 12.0. The topological polar surface area (TPSA) is 65.4 Å². The first-order valence-corrected chi connectivity index (χ1v) is 7.35. The second-order valence-electron chi connectivity index (χ2n) is 5.33. The molecule has 0 spiro atoms. The molecule has 2 aromatic rings. The van der Waals surface area contributed by atoms with Gasteiger partial charge in [0.15, 0.2) is 0 Å². The molecule has 1 fully saturated rings. The van der Waals surface area contributed by atoms with E-state index in [-0.39, 0.29) is 12.0 Å². The van der Waals surface area contributed by atoms with Crippen molar-refractivity contribution in [1.82, 2.24) is 9.78 Å². The van der Waals surface area contributed by atoms with Crippen LogP contribution in [-0.4, -0.2) is 35.0 Å². The monoisotopic (exact) mass is 301 g/mol. The van der Waals surface area contributed by atoms with Crippen LogP contribution in [0.5, 0.6) is 5.75 Å². The zero-order chi connectivity index (χ0) is 15.4. The van der Waals surface area contributed by atoms with Crippen LogP contribution in [0, 0.1) is 0 Å². The number of anilines is 1. The molecule has 1 aliphatic rings. The Balaban J connectivity index is 1.53. The summed E-state index contributed by atoms with van der Waals surface area (Å²) in [6.45, 7) is 1.40. The first kappa shape index (κ1) is 14.6. The minimum Gasteiger partial charge on any atom is -0.491 e. The van der Waals surface area contributed by atoms with Crippen molar-refractivity contribution in [2.45, 2.75) is 18.9 Å². The third-order valence-corrected chi connectivity index (χ3v) is 3.54. The molecule has 0 saturated carbocycles. The van der Waals surface area contributed by atoms with Crippen LogP contribution in [0.4, 0.5) is 5.69 Å². The van der Waals surface area contributed by atoms with E-state index in [1.54, 1.807) is 17.9 Å². The van der Waals surface area contributed by atoms with E-state index in [0.29, 0.717) is 12.2 Å². The van der Waals surface area contributed by atoms with Crippen LogP contribution in [0.3, 0.4) is 0 Å². The molecule has 116 valence electrons. The van der Waals surface area contributed by atoms with E-state index >= 15 is 0 Å². The summed E-state index contributed by atoms with van der Waals surface area (Å²) in [5.41, 5.74) is 1.25. The van der Waals surface area contributed by atoms with Crippen molar-refractivity contribution in [2.24, 2.45) is 7.05 Å². The molecule has 0 bridgehead atoms. The molecular weight excluding hydrogens is 282 g/mol. The molecule has 1 N–H and O–H groups in total. The Hall–Kier alpha value is -2.34. The summed E-state index contributed by atoms with van der Waals surface area (Å²) < 4.78 is 12.8. The minimum atomic E-state index is -0.180. The first-order valence-electron chi connectivity index (χ1n) is 7.35. The van der Waals surface area contributed by atoms with Crippen molar-refractivity contribution < 1.29 is 14.3 Å². The molecule has 3 rings (SSSR count). The predicted molar refractivity (Wildman–Crippen MR) is 82.1 cm³/mol. The number of nitrogens with zero attached hydrogens (tertiary/aromatic N) is 2. The van der Waals surface area contributed by atoms with Gasteiger partial charge in [0.05, 0.1) is 17.9 Å². The summed E-state index contributed by atoms with van der Waals surface area (Å²) >= 11 is 0. The summed E-state index contributed by atoms with van der Waals surface area (Å²) in [7, 11) is 1.77. The van der Waals surface area contributed by atoms with E-state index in [1.807, 2.05) is 24.3 Å². The smallest absolute Gasteiger partial charge is 0.258 e. The number of hydrogen-bond acceptors (Lipinski definition) is 4. The Morgan fingerprint density at radius 3 is 2.91 bits per heavy atom.